The minimum atomic E-state index is -0.328. The number of ether oxygens (including phenoxy) is 2. The van der Waals surface area contributed by atoms with Crippen molar-refractivity contribution in [2.75, 3.05) is 26.8 Å². The second kappa shape index (κ2) is 7.02. The normalized spacial score (nSPS) is 18.9. The number of thiophene rings is 1. The first-order chi connectivity index (χ1) is 9.51. The molecule has 1 unspecified atom stereocenters. The molecule has 1 aromatic heterocycles. The molecule has 110 valence electrons. The average Bonchev–Trinajstić information content (AvgIpc) is 2.78. The van der Waals surface area contributed by atoms with Crippen LogP contribution in [0.2, 0.25) is 0 Å². The second-order valence-corrected chi connectivity index (χ2v) is 7.48. The number of amides is 1. The zero-order valence-electron chi connectivity index (χ0n) is 10.7. The molecule has 5 nitrogen and oxygen atoms in total. The quantitative estimate of drug-likeness (QED) is 0.697. The lowest BCUT2D eigenvalue weighted by molar-refractivity contribution is -0.145. The highest BCUT2D eigenvalue weighted by Crippen LogP contribution is 2.33. The van der Waals surface area contributed by atoms with E-state index in [2.05, 4.69) is 36.6 Å². The van der Waals surface area contributed by atoms with Crippen LogP contribution >= 0.6 is 43.2 Å². The van der Waals surface area contributed by atoms with E-state index in [1.807, 2.05) is 0 Å². The van der Waals surface area contributed by atoms with E-state index in [9.17, 15) is 9.59 Å². The molecule has 1 atom stereocenters. The van der Waals surface area contributed by atoms with Crippen molar-refractivity contribution in [3.63, 3.8) is 0 Å². The summed E-state index contributed by atoms with van der Waals surface area (Å²) in [5, 5.41) is 0. The van der Waals surface area contributed by atoms with Gasteiger partial charge in [-0.3, -0.25) is 9.59 Å². The predicted octanol–water partition coefficient (Wildman–Crippen LogP) is 2.68. The molecule has 1 aliphatic heterocycles. The molecule has 1 aromatic rings. The first-order valence-electron chi connectivity index (χ1n) is 5.93. The molecule has 1 fully saturated rings. The van der Waals surface area contributed by atoms with Crippen LogP contribution in [-0.2, 0) is 14.3 Å². The van der Waals surface area contributed by atoms with Gasteiger partial charge in [-0.1, -0.05) is 0 Å². The lowest BCUT2D eigenvalue weighted by atomic mass is 10.2. The van der Waals surface area contributed by atoms with Crippen molar-refractivity contribution in [2.45, 2.75) is 12.5 Å². The van der Waals surface area contributed by atoms with Gasteiger partial charge < -0.3 is 14.4 Å². The molecule has 1 saturated heterocycles. The van der Waals surface area contributed by atoms with E-state index in [1.54, 1.807) is 11.0 Å². The third kappa shape index (κ3) is 3.81. The van der Waals surface area contributed by atoms with Gasteiger partial charge in [-0.05, 0) is 37.9 Å². The molecule has 8 heteroatoms. The van der Waals surface area contributed by atoms with Crippen LogP contribution in [0.3, 0.4) is 0 Å². The van der Waals surface area contributed by atoms with Gasteiger partial charge in [0.25, 0.3) is 5.91 Å². The van der Waals surface area contributed by atoms with Crippen LogP contribution in [0, 0.1) is 0 Å². The molecule has 2 rings (SSSR count). The number of carbonyl (C=O) groups is 2. The number of hydrogen-bond donors (Lipinski definition) is 0. The molecule has 20 heavy (non-hydrogen) atoms. The van der Waals surface area contributed by atoms with Gasteiger partial charge in [-0.15, -0.1) is 11.3 Å². The SMILES string of the molecule is COC(=O)CC1CN(C(=O)c2cc(Br)c(Br)s2)CCO1. The zero-order chi connectivity index (χ0) is 14.7. The van der Waals surface area contributed by atoms with Crippen molar-refractivity contribution < 1.29 is 19.1 Å². The summed E-state index contributed by atoms with van der Waals surface area (Å²) in [4.78, 5) is 26.0. The lowest BCUT2D eigenvalue weighted by Crippen LogP contribution is -2.46. The van der Waals surface area contributed by atoms with Crippen LogP contribution < -0.4 is 0 Å². The van der Waals surface area contributed by atoms with E-state index in [0.29, 0.717) is 24.6 Å². The summed E-state index contributed by atoms with van der Waals surface area (Å²) in [7, 11) is 1.34. The molecule has 0 spiro atoms. The van der Waals surface area contributed by atoms with Crippen molar-refractivity contribution in [2.24, 2.45) is 0 Å². The van der Waals surface area contributed by atoms with Gasteiger partial charge in [0.2, 0.25) is 0 Å². The summed E-state index contributed by atoms with van der Waals surface area (Å²) in [6.07, 6.45) is -0.134. The van der Waals surface area contributed by atoms with E-state index in [1.165, 1.54) is 18.4 Å². The third-order valence-corrected chi connectivity index (χ3v) is 6.15. The first-order valence-corrected chi connectivity index (χ1v) is 8.34. The van der Waals surface area contributed by atoms with Crippen molar-refractivity contribution in [1.82, 2.24) is 4.90 Å². The van der Waals surface area contributed by atoms with E-state index in [0.717, 1.165) is 8.26 Å². The van der Waals surface area contributed by atoms with Crippen molar-refractivity contribution in [3.8, 4) is 0 Å². The Labute approximate surface area is 137 Å². The van der Waals surface area contributed by atoms with Crippen LogP contribution in [0.15, 0.2) is 14.3 Å². The van der Waals surface area contributed by atoms with Crippen LogP contribution in [0.1, 0.15) is 16.1 Å². The number of morpholine rings is 1. The Morgan fingerprint density at radius 1 is 1.55 bits per heavy atom. The zero-order valence-corrected chi connectivity index (χ0v) is 14.7. The van der Waals surface area contributed by atoms with Crippen molar-refractivity contribution in [1.29, 1.82) is 0 Å². The number of nitrogens with zero attached hydrogens (tertiary/aromatic N) is 1. The molecular formula is C12H13Br2NO4S. The molecule has 2 heterocycles. The first kappa shape index (κ1) is 15.9. The smallest absolute Gasteiger partial charge is 0.308 e. The molecule has 0 aromatic carbocycles. The summed E-state index contributed by atoms with van der Waals surface area (Å²) in [6.45, 7) is 1.37. The summed E-state index contributed by atoms with van der Waals surface area (Å²) in [5.74, 6) is -0.370. The summed E-state index contributed by atoms with van der Waals surface area (Å²) >= 11 is 8.13. The molecule has 0 bridgehead atoms. The van der Waals surface area contributed by atoms with Crippen molar-refractivity contribution in [3.05, 3.63) is 19.2 Å². The van der Waals surface area contributed by atoms with Crippen LogP contribution in [-0.4, -0.2) is 49.7 Å². The average molecular weight is 427 g/mol. The van der Waals surface area contributed by atoms with E-state index in [4.69, 9.17) is 4.74 Å². The Kier molecular flexibility index (Phi) is 5.59. The maximum atomic E-state index is 12.4. The fourth-order valence-electron chi connectivity index (χ4n) is 1.90. The predicted molar refractivity (Wildman–Crippen MR) is 82.0 cm³/mol. The second-order valence-electron chi connectivity index (χ2n) is 4.26. The summed E-state index contributed by atoms with van der Waals surface area (Å²) < 4.78 is 11.9. The number of halogens is 2. The Morgan fingerprint density at radius 3 is 2.90 bits per heavy atom. The highest BCUT2D eigenvalue weighted by Gasteiger charge is 2.28. The fourth-order valence-corrected chi connectivity index (χ4v) is 3.91. The van der Waals surface area contributed by atoms with Crippen LogP contribution in [0.25, 0.3) is 0 Å². The number of rotatable bonds is 3. The van der Waals surface area contributed by atoms with Gasteiger partial charge in [0, 0.05) is 17.6 Å². The monoisotopic (exact) mass is 425 g/mol. The maximum Gasteiger partial charge on any atom is 0.308 e. The topological polar surface area (TPSA) is 55.8 Å². The Balaban J connectivity index is 2.01. The largest absolute Gasteiger partial charge is 0.469 e. The lowest BCUT2D eigenvalue weighted by Gasteiger charge is -2.32. The third-order valence-electron chi connectivity index (χ3n) is 2.90. The van der Waals surface area contributed by atoms with E-state index in [-0.39, 0.29) is 24.4 Å². The minimum absolute atomic E-state index is 0.0421. The Morgan fingerprint density at radius 2 is 2.30 bits per heavy atom. The number of methoxy groups -OCH3 is 1. The van der Waals surface area contributed by atoms with Gasteiger partial charge >= 0.3 is 5.97 Å². The molecule has 0 N–H and O–H groups in total. The molecule has 1 amide bonds. The number of esters is 1. The van der Waals surface area contributed by atoms with E-state index < -0.39 is 0 Å². The van der Waals surface area contributed by atoms with Crippen LogP contribution in [0.4, 0.5) is 0 Å². The van der Waals surface area contributed by atoms with Gasteiger partial charge in [-0.25, -0.2) is 0 Å². The van der Waals surface area contributed by atoms with Gasteiger partial charge in [-0.2, -0.15) is 0 Å². The molecular weight excluding hydrogens is 414 g/mol. The molecule has 1 aliphatic rings. The maximum absolute atomic E-state index is 12.4. The Hall–Kier alpha value is -0.440. The Bertz CT molecular complexity index is 500. The fraction of sp³-hybridized carbons (Fsp3) is 0.500. The molecule has 0 aliphatic carbocycles. The molecule has 0 saturated carbocycles. The molecule has 0 radical (unpaired) electrons. The highest BCUT2D eigenvalue weighted by atomic mass is 79.9. The van der Waals surface area contributed by atoms with Gasteiger partial charge in [0.05, 0.1) is 34.9 Å². The summed E-state index contributed by atoms with van der Waals surface area (Å²) in [6, 6.07) is 1.79. The van der Waals surface area contributed by atoms with E-state index >= 15 is 0 Å². The van der Waals surface area contributed by atoms with Crippen molar-refractivity contribution >= 4 is 55.1 Å². The van der Waals surface area contributed by atoms with Gasteiger partial charge in [0.1, 0.15) is 0 Å². The standard InChI is InChI=1S/C12H13Br2NO4S/c1-18-10(16)4-7-6-15(2-3-19-7)12(17)9-5-8(13)11(14)20-9/h5,7H,2-4,6H2,1H3. The van der Waals surface area contributed by atoms with Crippen LogP contribution in [0.5, 0.6) is 0 Å². The summed E-state index contributed by atoms with van der Waals surface area (Å²) in [5.41, 5.74) is 0. The minimum Gasteiger partial charge on any atom is -0.469 e. The van der Waals surface area contributed by atoms with Gasteiger partial charge in [0.15, 0.2) is 0 Å². The number of carbonyl (C=O) groups excluding carboxylic acids is 2. The number of hydrogen-bond acceptors (Lipinski definition) is 5. The highest BCUT2D eigenvalue weighted by molar-refractivity contribution is 9.13.